The average molecular weight is 415 g/mol. The Morgan fingerprint density at radius 3 is 1.10 bits per heavy atom. The fourth-order valence-corrected chi connectivity index (χ4v) is 4.33. The number of likely N-dealkylation sites (N-methyl/N-ethyl adjacent to an activating group) is 4. The molecule has 0 N–H and O–H groups in total. The van der Waals surface area contributed by atoms with Crippen LogP contribution < -0.4 is 0 Å². The van der Waals surface area contributed by atoms with Gasteiger partial charge in [0.2, 0.25) is 0 Å². The van der Waals surface area contributed by atoms with E-state index in [1.807, 2.05) is 0 Å². The lowest BCUT2D eigenvalue weighted by molar-refractivity contribution is 0.0659. The van der Waals surface area contributed by atoms with Crippen molar-refractivity contribution in [2.75, 3.05) is 78.7 Å². The topological polar surface area (TPSA) is 22.2 Å². The lowest BCUT2D eigenvalue weighted by atomic mass is 10.1. The first-order valence-corrected chi connectivity index (χ1v) is 12.5. The smallest absolute Gasteiger partial charge is 0.0594 e. The highest BCUT2D eigenvalue weighted by Crippen LogP contribution is 2.08. The van der Waals surface area contributed by atoms with Crippen LogP contribution in [0.1, 0.15) is 68.2 Å². The molecule has 5 heteroatoms. The monoisotopic (exact) mass is 414 g/mol. The number of hydrogen-bond acceptors (Lipinski definition) is 5. The molecule has 0 saturated heterocycles. The maximum absolute atomic E-state index is 6.04. The van der Waals surface area contributed by atoms with Crippen LogP contribution >= 0.6 is 0 Å². The van der Waals surface area contributed by atoms with Gasteiger partial charge in [0.25, 0.3) is 0 Å². The zero-order valence-electron chi connectivity index (χ0n) is 21.3. The number of nitrogens with zero attached hydrogens (tertiary/aromatic N) is 4. The van der Waals surface area contributed by atoms with Crippen LogP contribution in [0.2, 0.25) is 0 Å². The maximum Gasteiger partial charge on any atom is 0.0594 e. The summed E-state index contributed by atoms with van der Waals surface area (Å²) in [6.07, 6.45) is 2.44. The van der Waals surface area contributed by atoms with Crippen molar-refractivity contribution in [3.63, 3.8) is 0 Å². The van der Waals surface area contributed by atoms with E-state index in [1.54, 1.807) is 0 Å². The molecule has 0 aliphatic rings. The van der Waals surface area contributed by atoms with Gasteiger partial charge < -0.3 is 4.74 Å². The van der Waals surface area contributed by atoms with Crippen LogP contribution in [-0.4, -0.2) is 110 Å². The first kappa shape index (κ1) is 28.8. The Hall–Kier alpha value is -0.200. The van der Waals surface area contributed by atoms with Crippen LogP contribution in [0.3, 0.4) is 0 Å². The van der Waals surface area contributed by atoms with E-state index in [2.05, 4.69) is 75.0 Å². The van der Waals surface area contributed by atoms with Gasteiger partial charge in [-0.3, -0.25) is 19.6 Å². The number of hydrogen-bond donors (Lipinski definition) is 0. The molecule has 0 spiro atoms. The minimum Gasteiger partial charge on any atom is -0.379 e. The van der Waals surface area contributed by atoms with Gasteiger partial charge in [0.15, 0.2) is 0 Å². The quantitative estimate of drug-likeness (QED) is 0.281. The second-order valence-electron chi connectivity index (χ2n) is 7.97. The molecule has 2 atom stereocenters. The molecular weight excluding hydrogens is 360 g/mol. The van der Waals surface area contributed by atoms with E-state index >= 15 is 0 Å². The Morgan fingerprint density at radius 1 is 0.517 bits per heavy atom. The molecule has 0 saturated carbocycles. The highest BCUT2D eigenvalue weighted by molar-refractivity contribution is 4.74. The zero-order chi connectivity index (χ0) is 22.1. The van der Waals surface area contributed by atoms with Crippen LogP contribution in [0.15, 0.2) is 0 Å². The number of ether oxygens (including phenoxy) is 1. The van der Waals surface area contributed by atoms with E-state index in [1.165, 1.54) is 12.8 Å². The molecule has 0 radical (unpaired) electrons. The molecule has 0 heterocycles. The van der Waals surface area contributed by atoms with Gasteiger partial charge >= 0.3 is 0 Å². The van der Waals surface area contributed by atoms with Crippen molar-refractivity contribution >= 4 is 0 Å². The second kappa shape index (κ2) is 18.6. The molecule has 5 nitrogen and oxygen atoms in total. The van der Waals surface area contributed by atoms with Crippen molar-refractivity contribution in [3.05, 3.63) is 0 Å². The standard InChI is InChI=1S/C24H54N4O/c1-9-23(27(13-5)14-6)21-25(11-3)17-19-29-20-18-26(12-4)22-24(10-2)28(15-7)16-8/h23-24H,9-22H2,1-8H3. The summed E-state index contributed by atoms with van der Waals surface area (Å²) in [5.74, 6) is 0. The minimum absolute atomic E-state index is 0.659. The lowest BCUT2D eigenvalue weighted by Gasteiger charge is -2.34. The Morgan fingerprint density at radius 2 is 0.862 bits per heavy atom. The molecule has 0 aromatic rings. The molecule has 0 aliphatic carbocycles. The van der Waals surface area contributed by atoms with E-state index in [9.17, 15) is 0 Å². The van der Waals surface area contributed by atoms with Crippen molar-refractivity contribution in [1.29, 1.82) is 0 Å². The van der Waals surface area contributed by atoms with Gasteiger partial charge in [-0.15, -0.1) is 0 Å². The van der Waals surface area contributed by atoms with E-state index < -0.39 is 0 Å². The van der Waals surface area contributed by atoms with Crippen molar-refractivity contribution in [2.24, 2.45) is 0 Å². The second-order valence-corrected chi connectivity index (χ2v) is 7.97. The van der Waals surface area contributed by atoms with Crippen LogP contribution in [0, 0.1) is 0 Å². The predicted molar refractivity (Wildman–Crippen MR) is 129 cm³/mol. The van der Waals surface area contributed by atoms with Crippen LogP contribution in [-0.2, 0) is 4.74 Å². The molecule has 0 rings (SSSR count). The molecule has 0 aromatic carbocycles. The molecule has 2 unspecified atom stereocenters. The fourth-order valence-electron chi connectivity index (χ4n) is 4.33. The zero-order valence-corrected chi connectivity index (χ0v) is 21.3. The van der Waals surface area contributed by atoms with E-state index in [0.717, 1.165) is 78.7 Å². The molecule has 176 valence electrons. The van der Waals surface area contributed by atoms with Gasteiger partial charge in [0, 0.05) is 38.3 Å². The molecule has 0 fully saturated rings. The highest BCUT2D eigenvalue weighted by atomic mass is 16.5. The molecule has 0 aromatic heterocycles. The van der Waals surface area contributed by atoms with Gasteiger partial charge in [-0.2, -0.15) is 0 Å². The summed E-state index contributed by atoms with van der Waals surface area (Å²) in [4.78, 5) is 10.3. The van der Waals surface area contributed by atoms with Crippen molar-refractivity contribution in [1.82, 2.24) is 19.6 Å². The first-order valence-electron chi connectivity index (χ1n) is 12.5. The van der Waals surface area contributed by atoms with Crippen molar-refractivity contribution < 1.29 is 4.74 Å². The fraction of sp³-hybridized carbons (Fsp3) is 1.00. The van der Waals surface area contributed by atoms with Crippen LogP contribution in [0.5, 0.6) is 0 Å². The molecule has 0 bridgehead atoms. The normalized spacial score (nSPS) is 14.5. The summed E-state index contributed by atoms with van der Waals surface area (Å²) in [6, 6.07) is 1.32. The van der Waals surface area contributed by atoms with Crippen LogP contribution in [0.4, 0.5) is 0 Å². The maximum atomic E-state index is 6.04. The SMILES string of the molecule is CCC(CN(CC)CCOCCN(CC)CC(CC)N(CC)CC)N(CC)CC. The van der Waals surface area contributed by atoms with Crippen LogP contribution in [0.25, 0.3) is 0 Å². The molecular formula is C24H54N4O. The number of rotatable bonds is 20. The third-order valence-corrected chi connectivity index (χ3v) is 6.54. The van der Waals surface area contributed by atoms with E-state index in [0.29, 0.717) is 12.1 Å². The van der Waals surface area contributed by atoms with Crippen molar-refractivity contribution in [2.45, 2.75) is 80.3 Å². The minimum atomic E-state index is 0.659. The van der Waals surface area contributed by atoms with Gasteiger partial charge in [-0.25, -0.2) is 0 Å². The lowest BCUT2D eigenvalue weighted by Crippen LogP contribution is -2.45. The summed E-state index contributed by atoms with van der Waals surface area (Å²) in [5, 5.41) is 0. The highest BCUT2D eigenvalue weighted by Gasteiger charge is 2.18. The third-order valence-electron chi connectivity index (χ3n) is 6.54. The largest absolute Gasteiger partial charge is 0.379 e. The van der Waals surface area contributed by atoms with Gasteiger partial charge in [-0.1, -0.05) is 55.4 Å². The Balaban J connectivity index is 4.28. The van der Waals surface area contributed by atoms with Gasteiger partial charge in [0.05, 0.1) is 13.2 Å². The summed E-state index contributed by atoms with van der Waals surface area (Å²) in [5.41, 5.74) is 0. The predicted octanol–water partition coefficient (Wildman–Crippen LogP) is 3.89. The first-order chi connectivity index (χ1) is 14.0. The summed E-state index contributed by atoms with van der Waals surface area (Å²) < 4.78 is 6.04. The molecule has 0 aliphatic heterocycles. The Bertz CT molecular complexity index is 316. The summed E-state index contributed by atoms with van der Waals surface area (Å²) >= 11 is 0. The third kappa shape index (κ3) is 11.7. The van der Waals surface area contributed by atoms with E-state index in [4.69, 9.17) is 4.74 Å². The molecule has 0 amide bonds. The summed E-state index contributed by atoms with van der Waals surface area (Å²) in [6.45, 7) is 31.1. The van der Waals surface area contributed by atoms with E-state index in [-0.39, 0.29) is 0 Å². The Labute approximate surface area is 183 Å². The van der Waals surface area contributed by atoms with Gasteiger partial charge in [0.1, 0.15) is 0 Å². The molecule has 29 heavy (non-hydrogen) atoms. The van der Waals surface area contributed by atoms with Crippen molar-refractivity contribution in [3.8, 4) is 0 Å². The van der Waals surface area contributed by atoms with Gasteiger partial charge in [-0.05, 0) is 52.1 Å². The average Bonchev–Trinajstić information content (AvgIpc) is 2.76. The Kier molecular flexibility index (Phi) is 18.4. The summed E-state index contributed by atoms with van der Waals surface area (Å²) in [7, 11) is 0.